The third-order valence-corrected chi connectivity index (χ3v) is 5.91. The van der Waals surface area contributed by atoms with Crippen LogP contribution in [0.2, 0.25) is 0 Å². The summed E-state index contributed by atoms with van der Waals surface area (Å²) in [6.07, 6.45) is 2.59. The second-order valence-electron chi connectivity index (χ2n) is 6.53. The van der Waals surface area contributed by atoms with E-state index in [4.69, 9.17) is 4.74 Å². The minimum Gasteiger partial charge on any atom is -0.478 e. The van der Waals surface area contributed by atoms with Gasteiger partial charge in [-0.25, -0.2) is 13.1 Å². The molecule has 2 aromatic carbocycles. The van der Waals surface area contributed by atoms with Crippen LogP contribution in [0.15, 0.2) is 53.4 Å². The third-order valence-electron chi connectivity index (χ3n) is 4.45. The first-order valence-corrected chi connectivity index (χ1v) is 10.6. The normalized spacial score (nSPS) is 16.3. The highest BCUT2D eigenvalue weighted by molar-refractivity contribution is 7.89. The van der Waals surface area contributed by atoms with E-state index in [9.17, 15) is 13.2 Å². The van der Waals surface area contributed by atoms with E-state index in [1.54, 1.807) is 6.07 Å². The Morgan fingerprint density at radius 2 is 1.93 bits per heavy atom. The van der Waals surface area contributed by atoms with Crippen LogP contribution in [0, 0.1) is 0 Å². The van der Waals surface area contributed by atoms with Crippen LogP contribution in [0.3, 0.4) is 0 Å². The number of anilines is 1. The molecule has 0 spiro atoms. The maximum absolute atomic E-state index is 12.5. The zero-order valence-electron chi connectivity index (χ0n) is 15.3. The maximum Gasteiger partial charge on any atom is 0.265 e. The van der Waals surface area contributed by atoms with E-state index in [1.807, 2.05) is 30.3 Å². The fourth-order valence-electron chi connectivity index (χ4n) is 2.93. The fourth-order valence-corrected chi connectivity index (χ4v) is 3.99. The lowest BCUT2D eigenvalue weighted by Crippen LogP contribution is -2.37. The SMILES string of the molecule is CCCC[C@H]1Oc2ccc(S(=O)(=O)NCCc3ccccc3)cc2NC1=O. The third kappa shape index (κ3) is 4.87. The molecular weight excluding hydrogens is 364 g/mol. The molecule has 1 heterocycles. The molecule has 2 aromatic rings. The first-order chi connectivity index (χ1) is 13.0. The minimum atomic E-state index is -3.67. The van der Waals surface area contributed by atoms with Crippen molar-refractivity contribution < 1.29 is 17.9 Å². The molecule has 0 saturated carbocycles. The van der Waals surface area contributed by atoms with Crippen molar-refractivity contribution >= 4 is 21.6 Å². The summed E-state index contributed by atoms with van der Waals surface area (Å²) in [5, 5.41) is 2.76. The molecule has 0 fully saturated rings. The zero-order valence-corrected chi connectivity index (χ0v) is 16.1. The van der Waals surface area contributed by atoms with Crippen LogP contribution in [0.1, 0.15) is 31.7 Å². The molecule has 0 aromatic heterocycles. The van der Waals surface area contributed by atoms with Gasteiger partial charge in [0.15, 0.2) is 6.10 Å². The Morgan fingerprint density at radius 3 is 2.67 bits per heavy atom. The van der Waals surface area contributed by atoms with Gasteiger partial charge in [0.2, 0.25) is 10.0 Å². The van der Waals surface area contributed by atoms with Crippen LogP contribution in [-0.2, 0) is 21.2 Å². The van der Waals surface area contributed by atoms with Crippen molar-refractivity contribution in [2.24, 2.45) is 0 Å². The van der Waals surface area contributed by atoms with E-state index >= 15 is 0 Å². The summed E-state index contributed by atoms with van der Waals surface area (Å²) in [6.45, 7) is 2.35. The van der Waals surface area contributed by atoms with E-state index < -0.39 is 16.1 Å². The number of hydrogen-bond donors (Lipinski definition) is 2. The molecular formula is C20H24N2O4S. The van der Waals surface area contributed by atoms with E-state index in [0.717, 1.165) is 18.4 Å². The molecule has 0 aliphatic carbocycles. The van der Waals surface area contributed by atoms with Crippen molar-refractivity contribution in [3.63, 3.8) is 0 Å². The van der Waals surface area contributed by atoms with Gasteiger partial charge >= 0.3 is 0 Å². The number of carbonyl (C=O) groups excluding carboxylic acids is 1. The summed E-state index contributed by atoms with van der Waals surface area (Å²) in [6, 6.07) is 14.2. The Morgan fingerprint density at radius 1 is 1.15 bits per heavy atom. The lowest BCUT2D eigenvalue weighted by Gasteiger charge is -2.26. The fraction of sp³-hybridized carbons (Fsp3) is 0.350. The van der Waals surface area contributed by atoms with Crippen LogP contribution in [0.5, 0.6) is 5.75 Å². The highest BCUT2D eigenvalue weighted by Gasteiger charge is 2.28. The van der Waals surface area contributed by atoms with Gasteiger partial charge in [-0.3, -0.25) is 4.79 Å². The van der Waals surface area contributed by atoms with Gasteiger partial charge in [-0.05, 0) is 43.0 Å². The zero-order chi connectivity index (χ0) is 19.3. The number of rotatable bonds is 8. The average molecular weight is 388 g/mol. The van der Waals surface area contributed by atoms with Crippen molar-refractivity contribution in [3.05, 3.63) is 54.1 Å². The second kappa shape index (κ2) is 8.54. The summed E-state index contributed by atoms with van der Waals surface area (Å²) in [5.41, 5.74) is 1.45. The highest BCUT2D eigenvalue weighted by Crippen LogP contribution is 2.32. The predicted octanol–water partition coefficient (Wildman–Crippen LogP) is 3.10. The lowest BCUT2D eigenvalue weighted by molar-refractivity contribution is -0.123. The summed E-state index contributed by atoms with van der Waals surface area (Å²) >= 11 is 0. The molecule has 144 valence electrons. The van der Waals surface area contributed by atoms with Gasteiger partial charge in [0, 0.05) is 6.54 Å². The maximum atomic E-state index is 12.5. The molecule has 1 aliphatic rings. The monoisotopic (exact) mass is 388 g/mol. The van der Waals surface area contributed by atoms with E-state index in [0.29, 0.717) is 30.8 Å². The number of unbranched alkanes of at least 4 members (excludes halogenated alkanes) is 1. The lowest BCUT2D eigenvalue weighted by atomic mass is 10.1. The Bertz CT molecular complexity index is 897. The predicted molar refractivity (Wildman–Crippen MR) is 104 cm³/mol. The van der Waals surface area contributed by atoms with Crippen LogP contribution in [0.25, 0.3) is 0 Å². The molecule has 6 nitrogen and oxygen atoms in total. The second-order valence-corrected chi connectivity index (χ2v) is 8.30. The molecule has 27 heavy (non-hydrogen) atoms. The van der Waals surface area contributed by atoms with Crippen molar-refractivity contribution in [1.29, 1.82) is 0 Å². The first kappa shape index (κ1) is 19.4. The van der Waals surface area contributed by atoms with Gasteiger partial charge in [0.05, 0.1) is 10.6 Å². The van der Waals surface area contributed by atoms with Gasteiger partial charge < -0.3 is 10.1 Å². The largest absolute Gasteiger partial charge is 0.478 e. The van der Waals surface area contributed by atoms with Gasteiger partial charge in [-0.1, -0.05) is 43.7 Å². The van der Waals surface area contributed by atoms with Gasteiger partial charge in [-0.15, -0.1) is 0 Å². The van der Waals surface area contributed by atoms with Crippen LogP contribution >= 0.6 is 0 Å². The number of nitrogens with one attached hydrogen (secondary N) is 2. The minimum absolute atomic E-state index is 0.102. The Labute approximate surface area is 160 Å². The van der Waals surface area contributed by atoms with E-state index in [-0.39, 0.29) is 10.8 Å². The number of benzene rings is 2. The topological polar surface area (TPSA) is 84.5 Å². The number of sulfonamides is 1. The summed E-state index contributed by atoms with van der Waals surface area (Å²) in [5.74, 6) is 0.265. The quantitative estimate of drug-likeness (QED) is 0.728. The molecule has 0 radical (unpaired) electrons. The highest BCUT2D eigenvalue weighted by atomic mass is 32.2. The Balaban J connectivity index is 1.67. The summed E-state index contributed by atoms with van der Waals surface area (Å²) < 4.78 is 33.4. The summed E-state index contributed by atoms with van der Waals surface area (Å²) in [4.78, 5) is 12.3. The first-order valence-electron chi connectivity index (χ1n) is 9.15. The van der Waals surface area contributed by atoms with E-state index in [1.165, 1.54) is 12.1 Å². The molecule has 3 rings (SSSR count). The number of hydrogen-bond acceptors (Lipinski definition) is 4. The van der Waals surface area contributed by atoms with Crippen molar-refractivity contribution in [2.45, 2.75) is 43.6 Å². The molecule has 2 N–H and O–H groups in total. The van der Waals surface area contributed by atoms with Gasteiger partial charge in [0.25, 0.3) is 5.91 Å². The van der Waals surface area contributed by atoms with Crippen molar-refractivity contribution in [1.82, 2.24) is 4.72 Å². The molecule has 1 atom stereocenters. The molecule has 7 heteroatoms. The summed E-state index contributed by atoms with van der Waals surface area (Å²) in [7, 11) is -3.67. The van der Waals surface area contributed by atoms with E-state index in [2.05, 4.69) is 17.0 Å². The number of amides is 1. The van der Waals surface area contributed by atoms with Crippen LogP contribution in [-0.4, -0.2) is 27.0 Å². The molecule has 1 amide bonds. The Kier molecular flexibility index (Phi) is 6.13. The van der Waals surface area contributed by atoms with Crippen LogP contribution in [0.4, 0.5) is 5.69 Å². The van der Waals surface area contributed by atoms with Gasteiger partial charge in [0.1, 0.15) is 5.75 Å². The van der Waals surface area contributed by atoms with Crippen LogP contribution < -0.4 is 14.8 Å². The molecule has 0 unspecified atom stereocenters. The standard InChI is InChI=1S/C20H24N2O4S/c1-2-3-9-19-20(23)22-17-14-16(10-11-18(17)26-19)27(24,25)21-13-12-15-7-5-4-6-8-15/h4-8,10-11,14,19,21H,2-3,9,12-13H2,1H3,(H,22,23)/t19-/m1/s1. The number of ether oxygens (including phenoxy) is 1. The number of fused-ring (bicyclic) bond motifs is 1. The molecule has 0 saturated heterocycles. The smallest absolute Gasteiger partial charge is 0.265 e. The molecule has 1 aliphatic heterocycles. The molecule has 0 bridgehead atoms. The number of carbonyl (C=O) groups is 1. The Hall–Kier alpha value is -2.38. The average Bonchev–Trinajstić information content (AvgIpc) is 2.66. The van der Waals surface area contributed by atoms with Crippen molar-refractivity contribution in [2.75, 3.05) is 11.9 Å². The van der Waals surface area contributed by atoms with Gasteiger partial charge in [-0.2, -0.15) is 0 Å². The van der Waals surface area contributed by atoms with Crippen molar-refractivity contribution in [3.8, 4) is 5.75 Å².